The van der Waals surface area contributed by atoms with E-state index in [0.717, 1.165) is 41.6 Å². The number of rotatable bonds is 4. The topological polar surface area (TPSA) is 68.5 Å². The van der Waals surface area contributed by atoms with Crippen LogP contribution < -0.4 is 5.32 Å². The molecule has 2 rings (SSSR count). The van der Waals surface area contributed by atoms with Crippen LogP contribution in [0.4, 0.5) is 5.82 Å². The zero-order chi connectivity index (χ0) is 14.0. The monoisotopic (exact) mass is 324 g/mol. The minimum atomic E-state index is 0.692. The minimum absolute atomic E-state index is 0.692. The van der Waals surface area contributed by atoms with E-state index in [0.29, 0.717) is 4.60 Å². The molecule has 2 heterocycles. The molecule has 19 heavy (non-hydrogen) atoms. The van der Waals surface area contributed by atoms with Gasteiger partial charge in [-0.05, 0) is 36.2 Å². The Labute approximate surface area is 120 Å². The molecule has 0 fully saturated rings. The molecule has 0 atom stereocenters. The highest BCUT2D eigenvalue weighted by Gasteiger charge is 2.17. The first-order valence-electron chi connectivity index (χ1n) is 6.19. The van der Waals surface area contributed by atoms with E-state index in [4.69, 9.17) is 0 Å². The average molecular weight is 325 g/mol. The van der Waals surface area contributed by atoms with Crippen molar-refractivity contribution in [1.29, 1.82) is 0 Å². The number of halogens is 1. The number of aryl methyl sites for hydroxylation is 2. The molecule has 0 bridgehead atoms. The van der Waals surface area contributed by atoms with Gasteiger partial charge in [0.05, 0.1) is 5.69 Å². The van der Waals surface area contributed by atoms with Crippen LogP contribution in [0.1, 0.15) is 24.7 Å². The molecule has 2 aromatic heterocycles. The van der Waals surface area contributed by atoms with Crippen LogP contribution in [0.15, 0.2) is 4.60 Å². The van der Waals surface area contributed by atoms with Crippen molar-refractivity contribution in [2.24, 2.45) is 7.05 Å². The molecule has 0 aliphatic carbocycles. The van der Waals surface area contributed by atoms with Gasteiger partial charge < -0.3 is 5.32 Å². The molecule has 0 aromatic carbocycles. The first-order valence-corrected chi connectivity index (χ1v) is 6.98. The molecule has 102 valence electrons. The van der Waals surface area contributed by atoms with Gasteiger partial charge in [0.25, 0.3) is 0 Å². The maximum Gasteiger partial charge on any atom is 0.157 e. The van der Waals surface area contributed by atoms with Crippen molar-refractivity contribution in [1.82, 2.24) is 25.0 Å². The second-order valence-corrected chi connectivity index (χ2v) is 5.12. The lowest BCUT2D eigenvalue weighted by Crippen LogP contribution is -2.08. The summed E-state index contributed by atoms with van der Waals surface area (Å²) in [6.45, 7) is 6.91. The van der Waals surface area contributed by atoms with Crippen LogP contribution >= 0.6 is 15.9 Å². The van der Waals surface area contributed by atoms with Gasteiger partial charge in [0.15, 0.2) is 4.60 Å². The normalized spacial score (nSPS) is 10.8. The van der Waals surface area contributed by atoms with Crippen molar-refractivity contribution in [3.63, 3.8) is 0 Å². The third kappa shape index (κ3) is 2.75. The van der Waals surface area contributed by atoms with Crippen LogP contribution in [0.5, 0.6) is 0 Å². The van der Waals surface area contributed by atoms with E-state index in [1.54, 1.807) is 4.68 Å². The summed E-state index contributed by atoms with van der Waals surface area (Å²) in [6.07, 6.45) is 1.05. The van der Waals surface area contributed by atoms with Crippen LogP contribution in [-0.4, -0.2) is 31.5 Å². The summed E-state index contributed by atoms with van der Waals surface area (Å²) >= 11 is 3.41. The van der Waals surface area contributed by atoms with E-state index in [2.05, 4.69) is 48.5 Å². The van der Waals surface area contributed by atoms with E-state index in [1.165, 1.54) is 0 Å². The molecule has 0 aliphatic rings. The molecular weight excluding hydrogens is 308 g/mol. The molecule has 0 spiro atoms. The molecule has 0 saturated carbocycles. The van der Waals surface area contributed by atoms with Crippen LogP contribution in [0, 0.1) is 13.8 Å². The summed E-state index contributed by atoms with van der Waals surface area (Å²) in [5, 5.41) is 11.3. The lowest BCUT2D eigenvalue weighted by molar-refractivity contribution is 0.717. The van der Waals surface area contributed by atoms with Gasteiger partial charge in [0, 0.05) is 19.2 Å². The van der Waals surface area contributed by atoms with Gasteiger partial charge in [-0.15, -0.1) is 5.10 Å². The summed E-state index contributed by atoms with van der Waals surface area (Å²) in [7, 11) is 1.85. The highest BCUT2D eigenvalue weighted by molar-refractivity contribution is 9.10. The number of hydrogen-bond donors (Lipinski definition) is 1. The van der Waals surface area contributed by atoms with Gasteiger partial charge >= 0.3 is 0 Å². The fourth-order valence-corrected chi connectivity index (χ4v) is 2.37. The Hall–Kier alpha value is -1.50. The van der Waals surface area contributed by atoms with Crippen LogP contribution in [0.25, 0.3) is 11.4 Å². The van der Waals surface area contributed by atoms with Gasteiger partial charge in [0.2, 0.25) is 0 Å². The second kappa shape index (κ2) is 5.64. The Kier molecular flexibility index (Phi) is 4.14. The van der Waals surface area contributed by atoms with Gasteiger partial charge in [-0.25, -0.2) is 14.6 Å². The fourth-order valence-electron chi connectivity index (χ4n) is 1.86. The number of nitrogens with one attached hydrogen (secondary N) is 1. The highest BCUT2D eigenvalue weighted by Crippen LogP contribution is 2.29. The van der Waals surface area contributed by atoms with E-state index in [9.17, 15) is 0 Å². The number of hydrogen-bond acceptors (Lipinski definition) is 5. The van der Waals surface area contributed by atoms with Gasteiger partial charge in [-0.1, -0.05) is 12.1 Å². The lowest BCUT2D eigenvalue weighted by Gasteiger charge is -2.12. The van der Waals surface area contributed by atoms with E-state index in [1.807, 2.05) is 20.9 Å². The molecule has 0 saturated heterocycles. The third-order valence-electron chi connectivity index (χ3n) is 2.81. The maximum atomic E-state index is 4.52. The largest absolute Gasteiger partial charge is 0.370 e. The molecule has 0 unspecified atom stereocenters. The first-order chi connectivity index (χ1) is 9.04. The van der Waals surface area contributed by atoms with Crippen molar-refractivity contribution in [2.45, 2.75) is 27.2 Å². The zero-order valence-corrected chi connectivity index (χ0v) is 13.1. The molecule has 6 nitrogen and oxygen atoms in total. The maximum absolute atomic E-state index is 4.52. The molecular formula is C12H17BrN6. The molecule has 7 heteroatoms. The fraction of sp³-hybridized carbons (Fsp3) is 0.500. The molecule has 0 radical (unpaired) electrons. The predicted molar refractivity (Wildman–Crippen MR) is 78.0 cm³/mol. The Balaban J connectivity index is 2.55. The van der Waals surface area contributed by atoms with Crippen molar-refractivity contribution in [2.75, 3.05) is 11.9 Å². The third-order valence-corrected chi connectivity index (χ3v) is 3.34. The minimum Gasteiger partial charge on any atom is -0.370 e. The van der Waals surface area contributed by atoms with Gasteiger partial charge in [-0.3, -0.25) is 0 Å². The zero-order valence-electron chi connectivity index (χ0n) is 11.5. The Morgan fingerprint density at radius 3 is 2.58 bits per heavy atom. The molecule has 1 N–H and O–H groups in total. The Bertz CT molecular complexity index is 573. The number of aromatic nitrogens is 5. The summed E-state index contributed by atoms with van der Waals surface area (Å²) in [6, 6.07) is 0. The SMILES string of the molecule is CCCNc1nc(C)nc(-c2c(Br)nnn2C)c1C. The van der Waals surface area contributed by atoms with E-state index < -0.39 is 0 Å². The van der Waals surface area contributed by atoms with Gasteiger partial charge in [-0.2, -0.15) is 0 Å². The molecule has 0 amide bonds. The standard InChI is InChI=1S/C12H17BrN6/c1-5-6-14-12-7(2)9(15-8(3)16-12)10-11(13)17-18-19(10)4/h5-6H2,1-4H3,(H,14,15,16). The van der Waals surface area contributed by atoms with E-state index in [-0.39, 0.29) is 0 Å². The van der Waals surface area contributed by atoms with Crippen molar-refractivity contribution in [3.05, 3.63) is 16.0 Å². The van der Waals surface area contributed by atoms with Crippen LogP contribution in [0.2, 0.25) is 0 Å². The first kappa shape index (κ1) is 13.9. The Morgan fingerprint density at radius 2 is 2.00 bits per heavy atom. The smallest absolute Gasteiger partial charge is 0.157 e. The summed E-state index contributed by atoms with van der Waals surface area (Å²) in [5.41, 5.74) is 2.72. The summed E-state index contributed by atoms with van der Waals surface area (Å²) < 4.78 is 2.40. The lowest BCUT2D eigenvalue weighted by atomic mass is 10.2. The van der Waals surface area contributed by atoms with Gasteiger partial charge in [0.1, 0.15) is 17.3 Å². The predicted octanol–water partition coefficient (Wildman–Crippen LogP) is 2.47. The number of anilines is 1. The number of nitrogens with zero attached hydrogens (tertiary/aromatic N) is 5. The van der Waals surface area contributed by atoms with Crippen molar-refractivity contribution >= 4 is 21.7 Å². The molecule has 2 aromatic rings. The van der Waals surface area contributed by atoms with Crippen LogP contribution in [-0.2, 0) is 7.05 Å². The second-order valence-electron chi connectivity index (χ2n) is 4.37. The summed E-state index contributed by atoms with van der Waals surface area (Å²) in [4.78, 5) is 8.98. The van der Waals surface area contributed by atoms with Crippen molar-refractivity contribution < 1.29 is 0 Å². The quantitative estimate of drug-likeness (QED) is 0.935. The Morgan fingerprint density at radius 1 is 1.26 bits per heavy atom. The van der Waals surface area contributed by atoms with Crippen LogP contribution in [0.3, 0.4) is 0 Å². The highest BCUT2D eigenvalue weighted by atomic mass is 79.9. The van der Waals surface area contributed by atoms with Crippen molar-refractivity contribution in [3.8, 4) is 11.4 Å². The molecule has 0 aliphatic heterocycles. The van der Waals surface area contributed by atoms with E-state index >= 15 is 0 Å². The average Bonchev–Trinajstić information content (AvgIpc) is 2.70. The summed E-state index contributed by atoms with van der Waals surface area (Å²) in [5.74, 6) is 1.60.